The Bertz CT molecular complexity index is 163. The summed E-state index contributed by atoms with van der Waals surface area (Å²) in [5.41, 5.74) is 0. The van der Waals surface area contributed by atoms with E-state index in [1.807, 2.05) is 0 Å². The molecule has 11 heavy (non-hydrogen) atoms. The smallest absolute Gasteiger partial charge is 0.0966 e. The van der Waals surface area contributed by atoms with E-state index in [4.69, 9.17) is 4.74 Å². The van der Waals surface area contributed by atoms with Gasteiger partial charge < -0.3 is 10.1 Å². The molecule has 0 aliphatic carbocycles. The van der Waals surface area contributed by atoms with Crippen LogP contribution < -0.4 is 5.32 Å². The fourth-order valence-electron chi connectivity index (χ4n) is 1.37. The Labute approximate surface area is 66.8 Å². The van der Waals surface area contributed by atoms with Gasteiger partial charge in [-0.3, -0.25) is 4.99 Å². The molecule has 0 aromatic rings. The van der Waals surface area contributed by atoms with E-state index in [1.54, 1.807) is 0 Å². The van der Waals surface area contributed by atoms with Crippen molar-refractivity contribution < 1.29 is 4.74 Å². The Morgan fingerprint density at radius 1 is 1.36 bits per heavy atom. The van der Waals surface area contributed by atoms with Crippen LogP contribution in [0.5, 0.6) is 0 Å². The predicted molar refractivity (Wildman–Crippen MR) is 43.9 cm³/mol. The van der Waals surface area contributed by atoms with Crippen molar-refractivity contribution in [2.24, 2.45) is 4.99 Å². The molecule has 0 saturated carbocycles. The summed E-state index contributed by atoms with van der Waals surface area (Å²) in [5, 5.41) is 3.38. The Morgan fingerprint density at radius 2 is 2.27 bits per heavy atom. The number of hydrogen-bond acceptors (Lipinski definition) is 3. The average Bonchev–Trinajstić information content (AvgIpc) is 1.99. The highest BCUT2D eigenvalue weighted by Crippen LogP contribution is 2.07. The number of aliphatic imine (C=N–C) groups is 1. The Balaban J connectivity index is 1.79. The molecule has 2 aliphatic rings. The second kappa shape index (κ2) is 3.22. The van der Waals surface area contributed by atoms with E-state index in [2.05, 4.69) is 10.3 Å². The van der Waals surface area contributed by atoms with Gasteiger partial charge >= 0.3 is 0 Å². The van der Waals surface area contributed by atoms with Crippen LogP contribution in [0.2, 0.25) is 0 Å². The number of ether oxygens (including phenoxy) is 1. The SMILES string of the molecule is C1CCC(NC2COC2)=NC1. The second-order valence-corrected chi connectivity index (χ2v) is 3.16. The Hall–Kier alpha value is -0.570. The van der Waals surface area contributed by atoms with Gasteiger partial charge in [-0.25, -0.2) is 0 Å². The molecule has 0 unspecified atom stereocenters. The highest BCUT2D eigenvalue weighted by atomic mass is 16.5. The zero-order valence-electron chi connectivity index (χ0n) is 6.68. The number of nitrogens with zero attached hydrogens (tertiary/aromatic N) is 1. The summed E-state index contributed by atoms with van der Waals surface area (Å²) in [4.78, 5) is 4.40. The average molecular weight is 154 g/mol. The molecule has 0 aromatic heterocycles. The molecule has 3 nitrogen and oxygen atoms in total. The number of hydrogen-bond donors (Lipinski definition) is 1. The minimum atomic E-state index is 0.548. The maximum Gasteiger partial charge on any atom is 0.0966 e. The van der Waals surface area contributed by atoms with Gasteiger partial charge in [-0.1, -0.05) is 0 Å². The summed E-state index contributed by atoms with van der Waals surface area (Å²) in [6.45, 7) is 2.73. The van der Waals surface area contributed by atoms with Crippen LogP contribution >= 0.6 is 0 Å². The summed E-state index contributed by atoms with van der Waals surface area (Å²) in [6, 6.07) is 0.548. The lowest BCUT2D eigenvalue weighted by atomic mass is 10.1. The standard InChI is InChI=1S/C8H14N2O/c1-2-4-9-8(3-1)10-7-5-11-6-7/h7H,1-6H2,(H,9,10). The van der Waals surface area contributed by atoms with E-state index in [1.165, 1.54) is 18.7 Å². The van der Waals surface area contributed by atoms with Crippen molar-refractivity contribution in [1.29, 1.82) is 0 Å². The van der Waals surface area contributed by atoms with Crippen LogP contribution in [0.4, 0.5) is 0 Å². The number of amidine groups is 1. The minimum absolute atomic E-state index is 0.548. The molecule has 2 rings (SSSR count). The van der Waals surface area contributed by atoms with Gasteiger partial charge in [0.15, 0.2) is 0 Å². The first-order chi connectivity index (χ1) is 5.45. The third-order valence-electron chi connectivity index (χ3n) is 2.13. The first-order valence-electron chi connectivity index (χ1n) is 4.33. The van der Waals surface area contributed by atoms with Crippen LogP contribution in [-0.2, 0) is 4.74 Å². The van der Waals surface area contributed by atoms with Crippen LogP contribution in [0, 0.1) is 0 Å². The monoisotopic (exact) mass is 154 g/mol. The van der Waals surface area contributed by atoms with E-state index in [0.717, 1.165) is 26.2 Å². The number of rotatable bonds is 1. The summed E-state index contributed by atoms with van der Waals surface area (Å²) in [5.74, 6) is 1.20. The van der Waals surface area contributed by atoms with E-state index < -0.39 is 0 Å². The summed E-state index contributed by atoms with van der Waals surface area (Å²) in [7, 11) is 0. The van der Waals surface area contributed by atoms with Crippen LogP contribution in [0.15, 0.2) is 4.99 Å². The number of nitrogens with one attached hydrogen (secondary N) is 1. The topological polar surface area (TPSA) is 33.6 Å². The molecule has 3 heteroatoms. The first kappa shape index (κ1) is 7.10. The van der Waals surface area contributed by atoms with E-state index in [0.29, 0.717) is 6.04 Å². The van der Waals surface area contributed by atoms with E-state index in [-0.39, 0.29) is 0 Å². The van der Waals surface area contributed by atoms with Gasteiger partial charge in [-0.15, -0.1) is 0 Å². The zero-order valence-corrected chi connectivity index (χ0v) is 6.68. The van der Waals surface area contributed by atoms with Crippen molar-refractivity contribution in [3.8, 4) is 0 Å². The maximum absolute atomic E-state index is 5.06. The van der Waals surface area contributed by atoms with Crippen LogP contribution in [0.25, 0.3) is 0 Å². The highest BCUT2D eigenvalue weighted by Gasteiger charge is 2.19. The van der Waals surface area contributed by atoms with Gasteiger partial charge in [0.05, 0.1) is 25.1 Å². The quantitative estimate of drug-likeness (QED) is 0.598. The lowest BCUT2D eigenvalue weighted by Gasteiger charge is -2.29. The van der Waals surface area contributed by atoms with Gasteiger partial charge in [-0.05, 0) is 12.8 Å². The third-order valence-corrected chi connectivity index (χ3v) is 2.13. The summed E-state index contributed by atoms with van der Waals surface area (Å²) in [6.07, 6.45) is 3.68. The fourth-order valence-corrected chi connectivity index (χ4v) is 1.37. The predicted octanol–water partition coefficient (Wildman–Crippen LogP) is 0.557. The molecule has 0 amide bonds. The molecular weight excluding hydrogens is 140 g/mol. The molecule has 2 heterocycles. The normalized spacial score (nSPS) is 25.6. The molecule has 2 aliphatic heterocycles. The van der Waals surface area contributed by atoms with E-state index >= 15 is 0 Å². The molecule has 0 radical (unpaired) electrons. The van der Waals surface area contributed by atoms with Gasteiger partial charge in [-0.2, -0.15) is 0 Å². The van der Waals surface area contributed by atoms with Crippen molar-refractivity contribution in [2.45, 2.75) is 25.3 Å². The fraction of sp³-hybridized carbons (Fsp3) is 0.875. The van der Waals surface area contributed by atoms with E-state index in [9.17, 15) is 0 Å². The summed E-state index contributed by atoms with van der Waals surface area (Å²) < 4.78 is 5.06. The zero-order chi connectivity index (χ0) is 7.52. The molecule has 1 saturated heterocycles. The first-order valence-corrected chi connectivity index (χ1v) is 4.33. The van der Waals surface area contributed by atoms with Gasteiger partial charge in [0.25, 0.3) is 0 Å². The largest absolute Gasteiger partial charge is 0.377 e. The van der Waals surface area contributed by atoms with Crippen LogP contribution in [-0.4, -0.2) is 31.6 Å². The Morgan fingerprint density at radius 3 is 2.82 bits per heavy atom. The second-order valence-electron chi connectivity index (χ2n) is 3.16. The lowest BCUT2D eigenvalue weighted by Crippen LogP contribution is -2.49. The molecule has 62 valence electrons. The van der Waals surface area contributed by atoms with Gasteiger partial charge in [0.2, 0.25) is 0 Å². The van der Waals surface area contributed by atoms with Crippen molar-refractivity contribution in [3.05, 3.63) is 0 Å². The van der Waals surface area contributed by atoms with Crippen molar-refractivity contribution in [2.75, 3.05) is 19.8 Å². The maximum atomic E-state index is 5.06. The van der Waals surface area contributed by atoms with Crippen molar-refractivity contribution >= 4 is 5.84 Å². The Kier molecular flexibility index (Phi) is 2.08. The molecule has 0 bridgehead atoms. The molecule has 0 atom stereocenters. The van der Waals surface area contributed by atoms with Gasteiger partial charge in [0, 0.05) is 13.0 Å². The van der Waals surface area contributed by atoms with Crippen molar-refractivity contribution in [1.82, 2.24) is 5.32 Å². The van der Waals surface area contributed by atoms with Crippen molar-refractivity contribution in [3.63, 3.8) is 0 Å². The summed E-state index contributed by atoms with van der Waals surface area (Å²) >= 11 is 0. The highest BCUT2D eigenvalue weighted by molar-refractivity contribution is 5.83. The molecular formula is C8H14N2O. The minimum Gasteiger partial charge on any atom is -0.377 e. The van der Waals surface area contributed by atoms with Crippen LogP contribution in [0.1, 0.15) is 19.3 Å². The van der Waals surface area contributed by atoms with Crippen LogP contribution in [0.3, 0.4) is 0 Å². The lowest BCUT2D eigenvalue weighted by molar-refractivity contribution is 0.00291. The molecule has 0 spiro atoms. The molecule has 0 aromatic carbocycles. The van der Waals surface area contributed by atoms with Gasteiger partial charge in [0.1, 0.15) is 0 Å². The molecule has 1 fully saturated rings. The third kappa shape index (κ3) is 1.71. The molecule has 1 N–H and O–H groups in total.